The van der Waals surface area contributed by atoms with Gasteiger partial charge in [-0.15, -0.1) is 0 Å². The molecule has 4 rings (SSSR count). The number of aldehydes is 1. The standard InChI is InChI=1S/C26H28O3.C5H7F3/c1-19-5-7-20(8-6-19)17-28-24-13-14-25(22(15-24)16-27)29-18-21-9-11-23(12-10-21)26(2,3)4;6-5(7,8)4-2-1-3-4/h5-16H,17-18H2,1-4H3;4H,1-3H2. The first-order valence-electron chi connectivity index (χ1n) is 12.5. The Hall–Kier alpha value is -3.28. The lowest BCUT2D eigenvalue weighted by Crippen LogP contribution is -2.28. The molecule has 0 aromatic heterocycles. The molecule has 3 aromatic carbocycles. The number of ether oxygens (including phenoxy) is 2. The number of carbonyl (C=O) groups is 1. The van der Waals surface area contributed by atoms with E-state index in [1.807, 2.05) is 18.2 Å². The van der Waals surface area contributed by atoms with E-state index >= 15 is 0 Å². The summed E-state index contributed by atoms with van der Waals surface area (Å²) >= 11 is 0. The van der Waals surface area contributed by atoms with Crippen molar-refractivity contribution in [3.8, 4) is 11.5 Å². The fourth-order valence-electron chi connectivity index (χ4n) is 3.69. The summed E-state index contributed by atoms with van der Waals surface area (Å²) in [5, 5.41) is 0. The maximum atomic E-state index is 11.5. The smallest absolute Gasteiger partial charge is 0.391 e. The highest BCUT2D eigenvalue weighted by atomic mass is 19.4. The van der Waals surface area contributed by atoms with Gasteiger partial charge in [0.15, 0.2) is 6.29 Å². The molecule has 0 radical (unpaired) electrons. The first kappa shape index (κ1) is 28.3. The van der Waals surface area contributed by atoms with Crippen LogP contribution in [-0.2, 0) is 18.6 Å². The van der Waals surface area contributed by atoms with Crippen molar-refractivity contribution < 1.29 is 27.4 Å². The third-order valence-corrected chi connectivity index (χ3v) is 6.42. The molecule has 0 aliphatic heterocycles. The second-order valence-electron chi connectivity index (χ2n) is 10.5. The van der Waals surface area contributed by atoms with Gasteiger partial charge in [0.2, 0.25) is 0 Å². The summed E-state index contributed by atoms with van der Waals surface area (Å²) in [7, 11) is 0. The van der Waals surface area contributed by atoms with Crippen LogP contribution in [0.25, 0.3) is 0 Å². The molecule has 1 fully saturated rings. The quantitative estimate of drug-likeness (QED) is 0.297. The van der Waals surface area contributed by atoms with Gasteiger partial charge in [-0.05, 0) is 60.1 Å². The molecule has 6 heteroatoms. The van der Waals surface area contributed by atoms with Crippen molar-refractivity contribution in [1.29, 1.82) is 0 Å². The van der Waals surface area contributed by atoms with E-state index < -0.39 is 12.1 Å². The monoisotopic (exact) mass is 512 g/mol. The lowest BCUT2D eigenvalue weighted by atomic mass is 9.85. The van der Waals surface area contributed by atoms with Gasteiger partial charge in [0.25, 0.3) is 0 Å². The molecule has 3 nitrogen and oxygen atoms in total. The van der Waals surface area contributed by atoms with Crippen molar-refractivity contribution in [3.63, 3.8) is 0 Å². The molecule has 0 N–H and O–H groups in total. The zero-order valence-electron chi connectivity index (χ0n) is 21.9. The Kier molecular flexibility index (Phi) is 9.41. The number of hydrogen-bond acceptors (Lipinski definition) is 3. The molecule has 0 bridgehead atoms. The SMILES string of the molecule is Cc1ccc(COc2ccc(OCc3ccc(C(C)(C)C)cc3)c(C=O)c2)cc1.FC(F)(F)C1CCC1. The van der Waals surface area contributed by atoms with E-state index in [2.05, 4.69) is 64.1 Å². The molecule has 0 saturated heterocycles. The van der Waals surface area contributed by atoms with Gasteiger partial charge < -0.3 is 9.47 Å². The molecule has 3 aromatic rings. The van der Waals surface area contributed by atoms with Crippen LogP contribution in [0, 0.1) is 12.8 Å². The third-order valence-electron chi connectivity index (χ3n) is 6.42. The average Bonchev–Trinajstić information content (AvgIpc) is 2.80. The first-order chi connectivity index (χ1) is 17.5. The van der Waals surface area contributed by atoms with Crippen LogP contribution in [0.5, 0.6) is 11.5 Å². The second-order valence-corrected chi connectivity index (χ2v) is 10.5. The highest BCUT2D eigenvalue weighted by Crippen LogP contribution is 2.40. The Labute approximate surface area is 217 Å². The fourth-order valence-corrected chi connectivity index (χ4v) is 3.69. The largest absolute Gasteiger partial charge is 0.489 e. The Morgan fingerprint density at radius 1 is 0.838 bits per heavy atom. The van der Waals surface area contributed by atoms with E-state index in [4.69, 9.17) is 9.47 Å². The van der Waals surface area contributed by atoms with Crippen LogP contribution in [-0.4, -0.2) is 12.5 Å². The lowest BCUT2D eigenvalue weighted by molar-refractivity contribution is -0.193. The number of halogens is 3. The van der Waals surface area contributed by atoms with Gasteiger partial charge >= 0.3 is 6.18 Å². The van der Waals surface area contributed by atoms with Crippen molar-refractivity contribution >= 4 is 6.29 Å². The molecular formula is C31H35F3O3. The maximum absolute atomic E-state index is 11.5. The molecule has 0 atom stereocenters. The van der Waals surface area contributed by atoms with E-state index in [1.165, 1.54) is 11.1 Å². The Morgan fingerprint density at radius 3 is 1.86 bits per heavy atom. The van der Waals surface area contributed by atoms with Crippen LogP contribution in [0.15, 0.2) is 66.7 Å². The van der Waals surface area contributed by atoms with Crippen LogP contribution >= 0.6 is 0 Å². The molecule has 37 heavy (non-hydrogen) atoms. The van der Waals surface area contributed by atoms with Crippen LogP contribution in [0.4, 0.5) is 13.2 Å². The summed E-state index contributed by atoms with van der Waals surface area (Å²) < 4.78 is 46.2. The molecule has 1 saturated carbocycles. The van der Waals surface area contributed by atoms with Gasteiger partial charge in [-0.2, -0.15) is 13.2 Å². The molecule has 1 aliphatic carbocycles. The second kappa shape index (κ2) is 12.3. The van der Waals surface area contributed by atoms with Gasteiger partial charge in [0.1, 0.15) is 24.7 Å². The third kappa shape index (κ3) is 8.66. The van der Waals surface area contributed by atoms with E-state index in [0.29, 0.717) is 43.1 Å². The van der Waals surface area contributed by atoms with Gasteiger partial charge in [0.05, 0.1) is 11.5 Å². The highest BCUT2D eigenvalue weighted by Gasteiger charge is 2.42. The summed E-state index contributed by atoms with van der Waals surface area (Å²) in [6.45, 7) is 9.50. The zero-order chi connectivity index (χ0) is 27.1. The van der Waals surface area contributed by atoms with Crippen molar-refractivity contribution in [2.24, 2.45) is 5.92 Å². The molecule has 0 amide bonds. The molecule has 1 aliphatic rings. The number of aryl methyl sites for hydroxylation is 1. The molecular weight excluding hydrogens is 477 g/mol. The normalized spacial score (nSPS) is 13.7. The minimum absolute atomic E-state index is 0.123. The van der Waals surface area contributed by atoms with Gasteiger partial charge in [-0.1, -0.05) is 81.3 Å². The fraction of sp³-hybridized carbons (Fsp3) is 0.387. The summed E-state index contributed by atoms with van der Waals surface area (Å²) in [5.74, 6) is 0.236. The van der Waals surface area contributed by atoms with E-state index in [9.17, 15) is 18.0 Å². The first-order valence-corrected chi connectivity index (χ1v) is 12.5. The average molecular weight is 513 g/mol. The van der Waals surface area contributed by atoms with E-state index in [0.717, 1.165) is 23.8 Å². The summed E-state index contributed by atoms with van der Waals surface area (Å²) in [4.78, 5) is 11.5. The van der Waals surface area contributed by atoms with E-state index in [-0.39, 0.29) is 5.41 Å². The summed E-state index contributed by atoms with van der Waals surface area (Å²) in [5.41, 5.74) is 5.25. The van der Waals surface area contributed by atoms with Crippen molar-refractivity contribution in [1.82, 2.24) is 0 Å². The van der Waals surface area contributed by atoms with Crippen molar-refractivity contribution in [3.05, 3.63) is 94.5 Å². The number of benzene rings is 3. The summed E-state index contributed by atoms with van der Waals surface area (Å²) in [6.07, 6.45) is -1.65. The van der Waals surface area contributed by atoms with Crippen molar-refractivity contribution in [2.75, 3.05) is 0 Å². The minimum Gasteiger partial charge on any atom is -0.489 e. The number of carbonyl (C=O) groups excluding carboxylic acids is 1. The Morgan fingerprint density at radius 2 is 1.41 bits per heavy atom. The van der Waals surface area contributed by atoms with Crippen LogP contribution in [0.2, 0.25) is 0 Å². The van der Waals surface area contributed by atoms with Crippen LogP contribution in [0.3, 0.4) is 0 Å². The van der Waals surface area contributed by atoms with Gasteiger partial charge in [0, 0.05) is 0 Å². The van der Waals surface area contributed by atoms with Gasteiger partial charge in [-0.25, -0.2) is 0 Å². The lowest BCUT2D eigenvalue weighted by Gasteiger charge is -2.27. The van der Waals surface area contributed by atoms with Crippen LogP contribution in [0.1, 0.15) is 72.6 Å². The number of alkyl halides is 3. The predicted molar refractivity (Wildman–Crippen MR) is 140 cm³/mol. The summed E-state index contributed by atoms with van der Waals surface area (Å²) in [6, 6.07) is 21.9. The Balaban J connectivity index is 0.000000405. The molecule has 0 spiro atoms. The molecule has 0 unspecified atom stereocenters. The molecule has 198 valence electrons. The zero-order valence-corrected chi connectivity index (χ0v) is 21.9. The van der Waals surface area contributed by atoms with Gasteiger partial charge in [-0.3, -0.25) is 4.79 Å². The minimum atomic E-state index is -3.90. The molecule has 0 heterocycles. The van der Waals surface area contributed by atoms with Crippen molar-refractivity contribution in [2.45, 2.75) is 71.8 Å². The topological polar surface area (TPSA) is 35.5 Å². The van der Waals surface area contributed by atoms with E-state index in [1.54, 1.807) is 12.1 Å². The number of hydrogen-bond donors (Lipinski definition) is 0. The number of rotatable bonds is 7. The highest BCUT2D eigenvalue weighted by molar-refractivity contribution is 5.80. The maximum Gasteiger partial charge on any atom is 0.391 e. The Bertz CT molecular complexity index is 1140. The van der Waals surface area contributed by atoms with Crippen LogP contribution < -0.4 is 9.47 Å². The predicted octanol–water partition coefficient (Wildman–Crippen LogP) is 8.61.